The van der Waals surface area contributed by atoms with Crippen molar-refractivity contribution in [3.05, 3.63) is 35.2 Å². The fourth-order valence-corrected chi connectivity index (χ4v) is 3.66. The fourth-order valence-electron chi connectivity index (χ4n) is 3.66. The molecule has 0 spiro atoms. The molecule has 3 rings (SSSR count). The van der Waals surface area contributed by atoms with Gasteiger partial charge >= 0.3 is 0 Å². The molecule has 0 aliphatic carbocycles. The molecule has 2 aromatic heterocycles. The summed E-state index contributed by atoms with van der Waals surface area (Å²) in [6.45, 7) is 9.27. The minimum absolute atomic E-state index is 0.155. The van der Waals surface area contributed by atoms with Gasteiger partial charge < -0.3 is 14.0 Å². The van der Waals surface area contributed by atoms with Crippen LogP contribution in [-0.2, 0) is 4.79 Å². The van der Waals surface area contributed by atoms with E-state index in [1.807, 2.05) is 45.0 Å². The molecule has 0 radical (unpaired) electrons. The largest absolute Gasteiger partial charge is 0.361 e. The summed E-state index contributed by atoms with van der Waals surface area (Å²) in [5, 5.41) is 3.97. The first-order valence-electron chi connectivity index (χ1n) is 8.20. The SMILES string of the molecule is Cc1noc(C)c1[C@@H](C)C(=O)N1CCC[C@H](n2ccnc2C)C1. The van der Waals surface area contributed by atoms with E-state index in [1.54, 1.807) is 0 Å². The van der Waals surface area contributed by atoms with Crippen molar-refractivity contribution in [1.29, 1.82) is 0 Å². The monoisotopic (exact) mass is 316 g/mol. The van der Waals surface area contributed by atoms with E-state index >= 15 is 0 Å². The number of carbonyl (C=O) groups is 1. The second-order valence-corrected chi connectivity index (χ2v) is 6.42. The topological polar surface area (TPSA) is 64.2 Å². The predicted molar refractivity (Wildman–Crippen MR) is 86.2 cm³/mol. The highest BCUT2D eigenvalue weighted by atomic mass is 16.5. The van der Waals surface area contributed by atoms with Crippen LogP contribution in [0.5, 0.6) is 0 Å². The number of likely N-dealkylation sites (tertiary alicyclic amines) is 1. The average molecular weight is 316 g/mol. The Morgan fingerprint density at radius 3 is 2.78 bits per heavy atom. The zero-order valence-electron chi connectivity index (χ0n) is 14.2. The number of hydrogen-bond donors (Lipinski definition) is 0. The van der Waals surface area contributed by atoms with Crippen molar-refractivity contribution in [3.8, 4) is 0 Å². The molecule has 23 heavy (non-hydrogen) atoms. The van der Waals surface area contributed by atoms with E-state index in [1.165, 1.54) is 0 Å². The summed E-state index contributed by atoms with van der Waals surface area (Å²) < 4.78 is 7.40. The van der Waals surface area contributed by atoms with Crippen LogP contribution in [0.1, 0.15) is 54.6 Å². The Labute approximate surface area is 136 Å². The van der Waals surface area contributed by atoms with E-state index in [0.29, 0.717) is 6.04 Å². The Morgan fingerprint density at radius 2 is 2.17 bits per heavy atom. The number of carbonyl (C=O) groups excluding carboxylic acids is 1. The van der Waals surface area contributed by atoms with Gasteiger partial charge in [-0.3, -0.25) is 4.79 Å². The van der Waals surface area contributed by atoms with E-state index < -0.39 is 0 Å². The third-order valence-electron chi connectivity index (χ3n) is 4.86. The smallest absolute Gasteiger partial charge is 0.230 e. The highest BCUT2D eigenvalue weighted by Crippen LogP contribution is 2.28. The van der Waals surface area contributed by atoms with Gasteiger partial charge in [0, 0.05) is 31.0 Å². The van der Waals surface area contributed by atoms with E-state index in [0.717, 1.165) is 48.8 Å². The van der Waals surface area contributed by atoms with Gasteiger partial charge in [-0.25, -0.2) is 4.98 Å². The van der Waals surface area contributed by atoms with Gasteiger partial charge in [0.1, 0.15) is 11.6 Å². The molecule has 1 aliphatic heterocycles. The lowest BCUT2D eigenvalue weighted by molar-refractivity contribution is -0.134. The van der Waals surface area contributed by atoms with Gasteiger partial charge in [-0.1, -0.05) is 5.16 Å². The maximum atomic E-state index is 12.9. The summed E-state index contributed by atoms with van der Waals surface area (Å²) in [5.74, 6) is 1.68. The van der Waals surface area contributed by atoms with Crippen LogP contribution in [-0.4, -0.2) is 38.6 Å². The minimum atomic E-state index is -0.219. The Kier molecular flexibility index (Phi) is 4.24. The summed E-state index contributed by atoms with van der Waals surface area (Å²) in [6, 6.07) is 0.312. The maximum absolute atomic E-state index is 12.9. The molecule has 0 saturated carbocycles. The van der Waals surface area contributed by atoms with Crippen molar-refractivity contribution >= 4 is 5.91 Å². The van der Waals surface area contributed by atoms with Crippen LogP contribution in [0.4, 0.5) is 0 Å². The molecule has 1 amide bonds. The zero-order valence-corrected chi connectivity index (χ0v) is 14.2. The predicted octanol–water partition coefficient (Wildman–Crippen LogP) is 2.76. The first-order chi connectivity index (χ1) is 11.0. The Balaban J connectivity index is 1.76. The Morgan fingerprint density at radius 1 is 1.39 bits per heavy atom. The molecule has 6 nitrogen and oxygen atoms in total. The second kappa shape index (κ2) is 6.18. The lowest BCUT2D eigenvalue weighted by Crippen LogP contribution is -2.42. The van der Waals surface area contributed by atoms with Gasteiger partial charge in [-0.05, 0) is 40.5 Å². The van der Waals surface area contributed by atoms with E-state index in [9.17, 15) is 4.79 Å². The molecule has 2 atom stereocenters. The van der Waals surface area contributed by atoms with Crippen LogP contribution in [0, 0.1) is 20.8 Å². The zero-order chi connectivity index (χ0) is 16.6. The van der Waals surface area contributed by atoms with Gasteiger partial charge in [-0.2, -0.15) is 0 Å². The highest BCUT2D eigenvalue weighted by Gasteiger charge is 2.31. The first kappa shape index (κ1) is 15.8. The normalized spacial score (nSPS) is 19.8. The molecular formula is C17H24N4O2. The fraction of sp³-hybridized carbons (Fsp3) is 0.588. The maximum Gasteiger partial charge on any atom is 0.230 e. The van der Waals surface area contributed by atoms with E-state index in [-0.39, 0.29) is 11.8 Å². The number of hydrogen-bond acceptors (Lipinski definition) is 4. The molecule has 0 N–H and O–H groups in total. The number of rotatable bonds is 3. The number of nitrogens with zero attached hydrogens (tertiary/aromatic N) is 4. The molecular weight excluding hydrogens is 292 g/mol. The van der Waals surface area contributed by atoms with Crippen LogP contribution < -0.4 is 0 Å². The number of aryl methyl sites for hydroxylation is 3. The van der Waals surface area contributed by atoms with Gasteiger partial charge in [0.2, 0.25) is 5.91 Å². The summed E-state index contributed by atoms with van der Waals surface area (Å²) in [7, 11) is 0. The van der Waals surface area contributed by atoms with Crippen molar-refractivity contribution in [3.63, 3.8) is 0 Å². The number of aromatic nitrogens is 3. The third-order valence-corrected chi connectivity index (χ3v) is 4.86. The van der Waals surface area contributed by atoms with E-state index in [4.69, 9.17) is 4.52 Å². The molecule has 124 valence electrons. The van der Waals surface area contributed by atoms with Crippen molar-refractivity contribution in [2.75, 3.05) is 13.1 Å². The molecule has 2 aromatic rings. The molecule has 0 aromatic carbocycles. The van der Waals surface area contributed by atoms with Crippen molar-refractivity contribution in [1.82, 2.24) is 19.6 Å². The van der Waals surface area contributed by atoms with Gasteiger partial charge in [0.25, 0.3) is 0 Å². The molecule has 6 heteroatoms. The third kappa shape index (κ3) is 2.90. The summed E-state index contributed by atoms with van der Waals surface area (Å²) >= 11 is 0. The van der Waals surface area contributed by atoms with Crippen molar-refractivity contribution in [2.45, 2.75) is 52.5 Å². The summed E-state index contributed by atoms with van der Waals surface area (Å²) in [6.07, 6.45) is 5.93. The van der Waals surface area contributed by atoms with Crippen molar-refractivity contribution in [2.24, 2.45) is 0 Å². The first-order valence-corrected chi connectivity index (χ1v) is 8.20. The standard InChI is InChI=1S/C17H24N4O2/c1-11(16-12(2)19-23-13(16)3)17(22)20-8-5-6-15(10-20)21-9-7-18-14(21)4/h7,9,11,15H,5-6,8,10H2,1-4H3/t11-,15+/m1/s1. The highest BCUT2D eigenvalue weighted by molar-refractivity contribution is 5.84. The van der Waals surface area contributed by atoms with Gasteiger partial charge in [0.05, 0.1) is 17.7 Å². The molecule has 1 saturated heterocycles. The van der Waals surface area contributed by atoms with Crippen LogP contribution in [0.2, 0.25) is 0 Å². The van der Waals surface area contributed by atoms with Crippen LogP contribution in [0.3, 0.4) is 0 Å². The van der Waals surface area contributed by atoms with Gasteiger partial charge in [0.15, 0.2) is 0 Å². The van der Waals surface area contributed by atoms with Gasteiger partial charge in [-0.15, -0.1) is 0 Å². The van der Waals surface area contributed by atoms with Crippen LogP contribution in [0.25, 0.3) is 0 Å². The van der Waals surface area contributed by atoms with Crippen LogP contribution >= 0.6 is 0 Å². The van der Waals surface area contributed by atoms with Crippen molar-refractivity contribution < 1.29 is 9.32 Å². The molecule has 3 heterocycles. The quantitative estimate of drug-likeness (QED) is 0.873. The summed E-state index contributed by atoms with van der Waals surface area (Å²) in [4.78, 5) is 19.2. The Bertz CT molecular complexity index is 684. The Hall–Kier alpha value is -2.11. The van der Waals surface area contributed by atoms with Crippen LogP contribution in [0.15, 0.2) is 16.9 Å². The molecule has 1 aliphatic rings. The molecule has 0 unspecified atom stereocenters. The minimum Gasteiger partial charge on any atom is -0.361 e. The lowest BCUT2D eigenvalue weighted by atomic mass is 9.96. The van der Waals surface area contributed by atoms with E-state index in [2.05, 4.69) is 14.7 Å². The second-order valence-electron chi connectivity index (χ2n) is 6.42. The summed E-state index contributed by atoms with van der Waals surface area (Å²) in [5.41, 5.74) is 1.73. The average Bonchev–Trinajstić information content (AvgIpc) is 3.12. The number of piperidine rings is 1. The molecule has 1 fully saturated rings. The number of imidazole rings is 1. The number of amides is 1. The lowest BCUT2D eigenvalue weighted by Gasteiger charge is -2.35. The molecule has 0 bridgehead atoms.